The van der Waals surface area contributed by atoms with E-state index in [0.717, 1.165) is 22.6 Å². The molecular formula is C38H34N2. The van der Waals surface area contributed by atoms with Crippen LogP contribution in [0.5, 0.6) is 0 Å². The zero-order chi connectivity index (χ0) is 27.7. The number of nitrogens with zero attached hydrogens (tertiary/aromatic N) is 1. The van der Waals surface area contributed by atoms with Gasteiger partial charge < -0.3 is 10.6 Å². The number of rotatable bonds is 6. The van der Waals surface area contributed by atoms with E-state index >= 15 is 0 Å². The molecule has 0 fully saturated rings. The zero-order valence-corrected chi connectivity index (χ0v) is 23.3. The van der Waals surface area contributed by atoms with Gasteiger partial charge in [-0.1, -0.05) is 103 Å². The Hall–Kier alpha value is -4.66. The third-order valence-electron chi connectivity index (χ3n) is 7.54. The Morgan fingerprint density at radius 2 is 1.02 bits per heavy atom. The first kappa shape index (κ1) is 25.6. The minimum Gasteiger partial charge on any atom is -0.322 e. The van der Waals surface area contributed by atoms with Crippen LogP contribution in [0, 0.1) is 6.92 Å². The van der Waals surface area contributed by atoms with Gasteiger partial charge in [0.05, 0.1) is 0 Å². The Balaban J connectivity index is 1.42. The monoisotopic (exact) mass is 518 g/mol. The summed E-state index contributed by atoms with van der Waals surface area (Å²) in [6, 6.07) is 49.9. The molecular weight excluding hydrogens is 484 g/mol. The van der Waals surface area contributed by atoms with Crippen LogP contribution in [0.1, 0.15) is 25.0 Å². The SMILES string of the molecule is Cc1cc(-c2ccc(N(c3ccc(-c4ccccc4)cc3)c3ccc(C(C)(C)N)cc3)cc2)c2ccccc2c1. The summed E-state index contributed by atoms with van der Waals surface area (Å²) in [5, 5.41) is 2.54. The van der Waals surface area contributed by atoms with Crippen molar-refractivity contribution in [1.29, 1.82) is 0 Å². The summed E-state index contributed by atoms with van der Waals surface area (Å²) in [7, 11) is 0. The van der Waals surface area contributed by atoms with Crippen LogP contribution in [0.25, 0.3) is 33.0 Å². The van der Waals surface area contributed by atoms with Gasteiger partial charge in [-0.25, -0.2) is 0 Å². The van der Waals surface area contributed by atoms with Crippen molar-refractivity contribution in [2.75, 3.05) is 4.90 Å². The van der Waals surface area contributed by atoms with Crippen LogP contribution in [-0.2, 0) is 5.54 Å². The molecule has 0 unspecified atom stereocenters. The summed E-state index contributed by atoms with van der Waals surface area (Å²) < 4.78 is 0. The van der Waals surface area contributed by atoms with Crippen molar-refractivity contribution >= 4 is 27.8 Å². The second-order valence-corrected chi connectivity index (χ2v) is 11.1. The summed E-state index contributed by atoms with van der Waals surface area (Å²) in [4.78, 5) is 2.31. The summed E-state index contributed by atoms with van der Waals surface area (Å²) in [5.41, 5.74) is 16.6. The molecule has 0 spiro atoms. The van der Waals surface area contributed by atoms with E-state index < -0.39 is 0 Å². The normalized spacial score (nSPS) is 11.5. The van der Waals surface area contributed by atoms with Crippen molar-refractivity contribution in [3.05, 3.63) is 151 Å². The first-order chi connectivity index (χ1) is 19.4. The minimum absolute atomic E-state index is 0.390. The van der Waals surface area contributed by atoms with E-state index in [4.69, 9.17) is 5.73 Å². The van der Waals surface area contributed by atoms with Crippen LogP contribution < -0.4 is 10.6 Å². The van der Waals surface area contributed by atoms with Crippen molar-refractivity contribution in [2.45, 2.75) is 26.3 Å². The van der Waals surface area contributed by atoms with Crippen LogP contribution in [0.3, 0.4) is 0 Å². The summed E-state index contributed by atoms with van der Waals surface area (Å²) in [6.45, 7) is 6.24. The summed E-state index contributed by atoms with van der Waals surface area (Å²) in [5.74, 6) is 0. The third-order valence-corrected chi connectivity index (χ3v) is 7.54. The van der Waals surface area contributed by atoms with Gasteiger partial charge in [0.25, 0.3) is 0 Å². The first-order valence-electron chi connectivity index (χ1n) is 13.8. The predicted octanol–water partition coefficient (Wildman–Crippen LogP) is 10.1. The molecule has 0 heterocycles. The maximum atomic E-state index is 6.39. The van der Waals surface area contributed by atoms with Gasteiger partial charge in [0.1, 0.15) is 0 Å². The number of fused-ring (bicyclic) bond motifs is 1. The maximum Gasteiger partial charge on any atom is 0.0462 e. The van der Waals surface area contributed by atoms with Gasteiger partial charge in [-0.3, -0.25) is 0 Å². The molecule has 6 rings (SSSR count). The molecule has 0 saturated heterocycles. The molecule has 0 aliphatic rings. The highest BCUT2D eigenvalue weighted by Crippen LogP contribution is 2.38. The van der Waals surface area contributed by atoms with Gasteiger partial charge >= 0.3 is 0 Å². The van der Waals surface area contributed by atoms with Crippen molar-refractivity contribution in [3.8, 4) is 22.3 Å². The molecule has 0 aromatic heterocycles. The van der Waals surface area contributed by atoms with E-state index in [1.807, 2.05) is 13.8 Å². The van der Waals surface area contributed by atoms with Gasteiger partial charge in [-0.05, 0) is 101 Å². The lowest BCUT2D eigenvalue weighted by molar-refractivity contribution is 0.554. The number of aryl methyl sites for hydroxylation is 1. The average molecular weight is 519 g/mol. The fourth-order valence-electron chi connectivity index (χ4n) is 5.41. The smallest absolute Gasteiger partial charge is 0.0462 e. The van der Waals surface area contributed by atoms with Gasteiger partial charge in [-0.2, -0.15) is 0 Å². The first-order valence-corrected chi connectivity index (χ1v) is 13.8. The molecule has 0 amide bonds. The molecule has 0 saturated carbocycles. The number of hydrogen-bond donors (Lipinski definition) is 1. The van der Waals surface area contributed by atoms with Crippen molar-refractivity contribution < 1.29 is 0 Å². The average Bonchev–Trinajstić information content (AvgIpc) is 2.98. The zero-order valence-electron chi connectivity index (χ0n) is 23.3. The fourth-order valence-corrected chi connectivity index (χ4v) is 5.41. The van der Waals surface area contributed by atoms with Crippen molar-refractivity contribution in [1.82, 2.24) is 0 Å². The van der Waals surface area contributed by atoms with Crippen LogP contribution in [0.2, 0.25) is 0 Å². The van der Waals surface area contributed by atoms with E-state index in [0.29, 0.717) is 0 Å². The van der Waals surface area contributed by atoms with Crippen LogP contribution in [-0.4, -0.2) is 0 Å². The third kappa shape index (κ3) is 5.14. The Kier molecular flexibility index (Phi) is 6.71. The van der Waals surface area contributed by atoms with Crippen LogP contribution >= 0.6 is 0 Å². The Morgan fingerprint density at radius 3 is 1.62 bits per heavy atom. The molecule has 0 bridgehead atoms. The molecule has 0 aliphatic carbocycles. The van der Waals surface area contributed by atoms with E-state index in [-0.39, 0.29) is 5.54 Å². The Morgan fingerprint density at radius 1 is 0.525 bits per heavy atom. The largest absolute Gasteiger partial charge is 0.322 e. The van der Waals surface area contributed by atoms with E-state index in [1.165, 1.54) is 38.6 Å². The number of hydrogen-bond acceptors (Lipinski definition) is 2. The van der Waals surface area contributed by atoms with E-state index in [1.54, 1.807) is 0 Å². The fraction of sp³-hybridized carbons (Fsp3) is 0.105. The molecule has 6 aromatic rings. The molecule has 0 aliphatic heterocycles. The van der Waals surface area contributed by atoms with E-state index in [9.17, 15) is 0 Å². The van der Waals surface area contributed by atoms with Crippen molar-refractivity contribution in [3.63, 3.8) is 0 Å². The highest BCUT2D eigenvalue weighted by Gasteiger charge is 2.17. The molecule has 196 valence electrons. The predicted molar refractivity (Wildman–Crippen MR) is 171 cm³/mol. The van der Waals surface area contributed by atoms with Gasteiger partial charge in [0.15, 0.2) is 0 Å². The molecule has 0 atom stereocenters. The lowest BCUT2D eigenvalue weighted by Crippen LogP contribution is -2.28. The molecule has 6 aromatic carbocycles. The Labute approximate surface area is 237 Å². The number of nitrogens with two attached hydrogens (primary N) is 1. The maximum absolute atomic E-state index is 6.39. The lowest BCUT2D eigenvalue weighted by Gasteiger charge is -2.27. The molecule has 2 N–H and O–H groups in total. The highest BCUT2D eigenvalue weighted by molar-refractivity contribution is 5.97. The van der Waals surface area contributed by atoms with Gasteiger partial charge in [-0.15, -0.1) is 0 Å². The van der Waals surface area contributed by atoms with Crippen LogP contribution in [0.4, 0.5) is 17.1 Å². The number of benzene rings is 6. The Bertz CT molecular complexity index is 1740. The van der Waals surface area contributed by atoms with E-state index in [2.05, 4.69) is 151 Å². The summed E-state index contributed by atoms with van der Waals surface area (Å²) in [6.07, 6.45) is 0. The topological polar surface area (TPSA) is 29.3 Å². The minimum atomic E-state index is -0.390. The standard InChI is InChI=1S/C38H34N2/c1-27-25-31-11-7-8-12-36(31)37(26-27)30-15-21-34(22-16-30)40(35-23-17-32(18-24-35)38(2,3)39)33-19-13-29(14-20-33)28-9-5-4-6-10-28/h4-26H,39H2,1-3H3. The highest BCUT2D eigenvalue weighted by atomic mass is 15.1. The van der Waals surface area contributed by atoms with Gasteiger partial charge in [0, 0.05) is 22.6 Å². The quantitative estimate of drug-likeness (QED) is 0.238. The lowest BCUT2D eigenvalue weighted by atomic mass is 9.95. The molecule has 2 nitrogen and oxygen atoms in total. The molecule has 2 heteroatoms. The molecule has 40 heavy (non-hydrogen) atoms. The van der Waals surface area contributed by atoms with Gasteiger partial charge in [0.2, 0.25) is 0 Å². The van der Waals surface area contributed by atoms with Crippen LogP contribution in [0.15, 0.2) is 140 Å². The summed E-state index contributed by atoms with van der Waals surface area (Å²) >= 11 is 0. The second-order valence-electron chi connectivity index (χ2n) is 11.1. The van der Waals surface area contributed by atoms with Crippen molar-refractivity contribution in [2.24, 2.45) is 5.73 Å². The molecule has 0 radical (unpaired) electrons. The second kappa shape index (κ2) is 10.5. The number of anilines is 3.